The third kappa shape index (κ3) is 11.6. The molecule has 0 aromatic heterocycles. The second kappa shape index (κ2) is 13.8. The number of aliphatic carboxylic acids is 2. The minimum atomic E-state index is -1.68. The summed E-state index contributed by atoms with van der Waals surface area (Å²) in [6.07, 6.45) is -0.226. The van der Waals surface area contributed by atoms with Crippen LogP contribution in [-0.2, 0) is 28.8 Å². The lowest BCUT2D eigenvalue weighted by Gasteiger charge is -2.21. The Morgan fingerprint density at radius 3 is 2.00 bits per heavy atom. The van der Waals surface area contributed by atoms with Crippen molar-refractivity contribution in [1.82, 2.24) is 16.0 Å². The Balaban J connectivity index is 4.93. The van der Waals surface area contributed by atoms with E-state index in [-0.39, 0.29) is 6.42 Å². The number of hydrogen-bond donors (Lipinski definition) is 8. The summed E-state index contributed by atoms with van der Waals surface area (Å²) in [5.41, 5.74) is 15.7. The summed E-state index contributed by atoms with van der Waals surface area (Å²) in [4.78, 5) is 68.7. The average molecular weight is 432 g/mol. The monoisotopic (exact) mass is 432 g/mol. The van der Waals surface area contributed by atoms with Crippen molar-refractivity contribution >= 4 is 35.6 Å². The first-order valence-electron chi connectivity index (χ1n) is 9.03. The molecule has 3 unspecified atom stereocenters. The molecule has 0 bridgehead atoms. The number of carboxylic acids is 2. The molecular weight excluding hydrogens is 404 g/mol. The van der Waals surface area contributed by atoms with Crippen molar-refractivity contribution in [2.75, 3.05) is 13.1 Å². The number of rotatable bonds is 15. The number of amides is 4. The average Bonchev–Trinajstić information content (AvgIpc) is 2.63. The summed E-state index contributed by atoms with van der Waals surface area (Å²) in [7, 11) is 0. The van der Waals surface area contributed by atoms with Crippen LogP contribution < -0.4 is 33.2 Å². The molecule has 0 fully saturated rings. The van der Waals surface area contributed by atoms with Gasteiger partial charge >= 0.3 is 11.9 Å². The fourth-order valence-corrected chi connectivity index (χ4v) is 2.26. The van der Waals surface area contributed by atoms with Gasteiger partial charge in [0.05, 0.1) is 25.4 Å². The molecule has 0 heterocycles. The topological polar surface area (TPSA) is 257 Å². The quantitative estimate of drug-likeness (QED) is 0.116. The van der Waals surface area contributed by atoms with Crippen LogP contribution in [0.2, 0.25) is 0 Å². The van der Waals surface area contributed by atoms with Gasteiger partial charge in [0.1, 0.15) is 12.1 Å². The number of carboxylic acid groups (broad SMARTS) is 2. The number of primary amides is 1. The Morgan fingerprint density at radius 1 is 0.867 bits per heavy atom. The van der Waals surface area contributed by atoms with E-state index in [0.29, 0.717) is 19.4 Å². The minimum Gasteiger partial charge on any atom is -0.481 e. The lowest BCUT2D eigenvalue weighted by molar-refractivity contribution is -0.147. The van der Waals surface area contributed by atoms with Crippen LogP contribution in [0, 0.1) is 0 Å². The Bertz CT molecular complexity index is 656. The van der Waals surface area contributed by atoms with Crippen LogP contribution >= 0.6 is 0 Å². The molecule has 3 atom stereocenters. The summed E-state index contributed by atoms with van der Waals surface area (Å²) in [6.45, 7) is -0.240. The van der Waals surface area contributed by atoms with E-state index in [1.165, 1.54) is 0 Å². The minimum absolute atomic E-state index is 0.101. The zero-order chi connectivity index (χ0) is 23.3. The Morgan fingerprint density at radius 2 is 1.50 bits per heavy atom. The molecule has 170 valence electrons. The van der Waals surface area contributed by atoms with Gasteiger partial charge in [0, 0.05) is 0 Å². The van der Waals surface area contributed by atoms with Gasteiger partial charge in [-0.2, -0.15) is 0 Å². The molecule has 0 rings (SSSR count). The van der Waals surface area contributed by atoms with Gasteiger partial charge < -0.3 is 43.4 Å². The summed E-state index contributed by atoms with van der Waals surface area (Å²) in [5, 5.41) is 24.3. The SMILES string of the molecule is NCCCCC(NC(=O)CNC(=O)C(N)CC(N)=O)C(=O)NC(CC(=O)O)C(=O)O. The number of unbranched alkanes of at least 4 members (excludes halogenated alkanes) is 1. The van der Waals surface area contributed by atoms with Crippen LogP contribution in [0.1, 0.15) is 32.1 Å². The Hall–Kier alpha value is -3.26. The van der Waals surface area contributed by atoms with Crippen LogP contribution in [0.15, 0.2) is 0 Å². The first kappa shape index (κ1) is 26.7. The van der Waals surface area contributed by atoms with Crippen LogP contribution in [0.3, 0.4) is 0 Å². The number of carbonyl (C=O) groups excluding carboxylic acids is 4. The molecular formula is C16H28N6O8. The van der Waals surface area contributed by atoms with Crippen molar-refractivity contribution < 1.29 is 39.0 Å². The molecule has 0 aromatic rings. The highest BCUT2D eigenvalue weighted by molar-refractivity contribution is 5.94. The van der Waals surface area contributed by atoms with E-state index in [1.807, 2.05) is 0 Å². The summed E-state index contributed by atoms with van der Waals surface area (Å²) < 4.78 is 0. The lowest BCUT2D eigenvalue weighted by atomic mass is 10.1. The predicted molar refractivity (Wildman–Crippen MR) is 101 cm³/mol. The molecule has 0 spiro atoms. The molecule has 0 aliphatic rings. The maximum Gasteiger partial charge on any atom is 0.326 e. The van der Waals surface area contributed by atoms with Crippen LogP contribution in [-0.4, -0.2) is 77.0 Å². The molecule has 30 heavy (non-hydrogen) atoms. The molecule has 0 saturated heterocycles. The molecule has 14 nitrogen and oxygen atoms in total. The number of nitrogens with two attached hydrogens (primary N) is 3. The van der Waals surface area contributed by atoms with Crippen molar-refractivity contribution in [2.45, 2.75) is 50.2 Å². The molecule has 14 heteroatoms. The van der Waals surface area contributed by atoms with Crippen LogP contribution in [0.5, 0.6) is 0 Å². The molecule has 4 amide bonds. The third-order valence-corrected chi connectivity index (χ3v) is 3.77. The standard InChI is InChI=1S/C16H28N6O8/c17-4-2-1-3-9(15(28)22-10(16(29)30)6-13(25)26)21-12(24)7-20-14(27)8(18)5-11(19)23/h8-10H,1-7,17-18H2,(H2,19,23)(H,20,27)(H,21,24)(H,22,28)(H,25,26)(H,29,30). The van der Waals surface area contributed by atoms with Gasteiger partial charge in [-0.25, -0.2) is 4.79 Å². The van der Waals surface area contributed by atoms with Crippen molar-refractivity contribution in [2.24, 2.45) is 17.2 Å². The van der Waals surface area contributed by atoms with E-state index >= 15 is 0 Å². The van der Waals surface area contributed by atoms with E-state index in [2.05, 4.69) is 16.0 Å². The van der Waals surface area contributed by atoms with E-state index in [4.69, 9.17) is 27.4 Å². The van der Waals surface area contributed by atoms with Crippen molar-refractivity contribution in [1.29, 1.82) is 0 Å². The van der Waals surface area contributed by atoms with Gasteiger partial charge in [-0.1, -0.05) is 0 Å². The third-order valence-electron chi connectivity index (χ3n) is 3.77. The normalized spacial score (nSPS) is 13.4. The molecule has 0 aliphatic heterocycles. The lowest BCUT2D eigenvalue weighted by Crippen LogP contribution is -2.54. The van der Waals surface area contributed by atoms with E-state index in [1.54, 1.807) is 0 Å². The molecule has 0 aliphatic carbocycles. The second-order valence-corrected chi connectivity index (χ2v) is 6.40. The Kier molecular flexibility index (Phi) is 12.3. The van der Waals surface area contributed by atoms with E-state index in [9.17, 15) is 28.8 Å². The number of nitrogens with one attached hydrogen (secondary N) is 3. The van der Waals surface area contributed by atoms with Gasteiger partial charge in [0.25, 0.3) is 0 Å². The van der Waals surface area contributed by atoms with Gasteiger partial charge in [-0.15, -0.1) is 0 Å². The first-order chi connectivity index (χ1) is 14.0. The van der Waals surface area contributed by atoms with E-state index in [0.717, 1.165) is 0 Å². The zero-order valence-electron chi connectivity index (χ0n) is 16.3. The highest BCUT2D eigenvalue weighted by Crippen LogP contribution is 2.03. The number of hydrogen-bond acceptors (Lipinski definition) is 8. The van der Waals surface area contributed by atoms with E-state index < -0.39 is 73.1 Å². The maximum absolute atomic E-state index is 12.4. The molecule has 11 N–H and O–H groups in total. The molecule has 0 radical (unpaired) electrons. The summed E-state index contributed by atoms with van der Waals surface area (Å²) in [6, 6.07) is -4.11. The van der Waals surface area contributed by atoms with Crippen molar-refractivity contribution in [3.8, 4) is 0 Å². The summed E-state index contributed by atoms with van der Waals surface area (Å²) in [5.74, 6) is -6.26. The van der Waals surface area contributed by atoms with Gasteiger partial charge in [-0.3, -0.25) is 24.0 Å². The molecule has 0 aromatic carbocycles. The van der Waals surface area contributed by atoms with Crippen molar-refractivity contribution in [3.05, 3.63) is 0 Å². The largest absolute Gasteiger partial charge is 0.481 e. The molecule has 0 saturated carbocycles. The fourth-order valence-electron chi connectivity index (χ4n) is 2.26. The predicted octanol–water partition coefficient (Wildman–Crippen LogP) is -4.04. The smallest absolute Gasteiger partial charge is 0.326 e. The highest BCUT2D eigenvalue weighted by Gasteiger charge is 2.28. The van der Waals surface area contributed by atoms with Crippen molar-refractivity contribution in [3.63, 3.8) is 0 Å². The highest BCUT2D eigenvalue weighted by atomic mass is 16.4. The van der Waals surface area contributed by atoms with Crippen LogP contribution in [0.25, 0.3) is 0 Å². The van der Waals surface area contributed by atoms with Crippen LogP contribution in [0.4, 0.5) is 0 Å². The van der Waals surface area contributed by atoms with Gasteiger partial charge in [0.15, 0.2) is 0 Å². The second-order valence-electron chi connectivity index (χ2n) is 6.40. The Labute approximate surface area is 171 Å². The first-order valence-corrected chi connectivity index (χ1v) is 9.03. The van der Waals surface area contributed by atoms with Gasteiger partial charge in [0.2, 0.25) is 23.6 Å². The fraction of sp³-hybridized carbons (Fsp3) is 0.625. The maximum atomic E-state index is 12.4. The van der Waals surface area contributed by atoms with Gasteiger partial charge in [-0.05, 0) is 25.8 Å². The number of carbonyl (C=O) groups is 6. The zero-order valence-corrected chi connectivity index (χ0v) is 16.3. The summed E-state index contributed by atoms with van der Waals surface area (Å²) >= 11 is 0.